The van der Waals surface area contributed by atoms with Crippen molar-refractivity contribution in [1.29, 1.82) is 0 Å². The minimum atomic E-state index is 1.00. The summed E-state index contributed by atoms with van der Waals surface area (Å²) in [6.07, 6.45) is 2.97. The SMILES string of the molecule is CC1=NC=C(c2ccccc2)C1. The number of hydrogen-bond donors (Lipinski definition) is 0. The summed E-state index contributed by atoms with van der Waals surface area (Å²) < 4.78 is 0. The molecule has 0 aliphatic carbocycles. The summed E-state index contributed by atoms with van der Waals surface area (Å²) in [5.41, 5.74) is 3.82. The normalized spacial score (nSPS) is 15.8. The first-order valence-electron chi connectivity index (χ1n) is 4.14. The molecule has 12 heavy (non-hydrogen) atoms. The maximum Gasteiger partial charge on any atom is 0.0309 e. The van der Waals surface area contributed by atoms with Gasteiger partial charge in [0.2, 0.25) is 0 Å². The minimum absolute atomic E-state index is 1.00. The summed E-state index contributed by atoms with van der Waals surface area (Å²) >= 11 is 0. The highest BCUT2D eigenvalue weighted by atomic mass is 14.7. The van der Waals surface area contributed by atoms with E-state index in [9.17, 15) is 0 Å². The van der Waals surface area contributed by atoms with Crippen molar-refractivity contribution in [3.63, 3.8) is 0 Å². The van der Waals surface area contributed by atoms with Crippen LogP contribution in [0.4, 0.5) is 0 Å². The smallest absolute Gasteiger partial charge is 0.0309 e. The van der Waals surface area contributed by atoms with Crippen LogP contribution in [0.2, 0.25) is 0 Å². The molecule has 0 saturated carbocycles. The Bertz CT molecular complexity index is 333. The standard InChI is InChI=1S/C11H11N/c1-9-7-11(8-12-9)10-5-3-2-4-6-10/h2-6,8H,7H2,1H3. The van der Waals surface area contributed by atoms with Crippen LogP contribution in [0.25, 0.3) is 5.57 Å². The van der Waals surface area contributed by atoms with Gasteiger partial charge in [-0.05, 0) is 18.1 Å². The van der Waals surface area contributed by atoms with Crippen molar-refractivity contribution < 1.29 is 0 Å². The number of hydrogen-bond acceptors (Lipinski definition) is 1. The lowest BCUT2D eigenvalue weighted by molar-refractivity contribution is 1.47. The van der Waals surface area contributed by atoms with Crippen LogP contribution >= 0.6 is 0 Å². The second-order valence-electron chi connectivity index (χ2n) is 3.06. The van der Waals surface area contributed by atoms with Crippen molar-refractivity contribution in [2.45, 2.75) is 13.3 Å². The van der Waals surface area contributed by atoms with Gasteiger partial charge in [-0.2, -0.15) is 0 Å². The van der Waals surface area contributed by atoms with Gasteiger partial charge in [0, 0.05) is 18.3 Å². The summed E-state index contributed by atoms with van der Waals surface area (Å²) in [6.45, 7) is 2.06. The Hall–Kier alpha value is -1.37. The molecule has 2 rings (SSSR count). The first-order chi connectivity index (χ1) is 5.86. The van der Waals surface area contributed by atoms with Crippen LogP contribution in [0.3, 0.4) is 0 Å². The lowest BCUT2D eigenvalue weighted by atomic mass is 10.0. The topological polar surface area (TPSA) is 12.4 Å². The molecule has 0 aromatic heterocycles. The van der Waals surface area contributed by atoms with Crippen molar-refractivity contribution in [3.8, 4) is 0 Å². The summed E-state index contributed by atoms with van der Waals surface area (Å²) in [5, 5.41) is 0. The molecule has 60 valence electrons. The van der Waals surface area contributed by atoms with Gasteiger partial charge in [0.05, 0.1) is 0 Å². The summed E-state index contributed by atoms with van der Waals surface area (Å²) in [5.74, 6) is 0. The number of nitrogens with zero attached hydrogens (tertiary/aromatic N) is 1. The zero-order valence-corrected chi connectivity index (χ0v) is 7.12. The highest BCUT2D eigenvalue weighted by molar-refractivity contribution is 5.96. The maximum atomic E-state index is 4.25. The van der Waals surface area contributed by atoms with Crippen LogP contribution in [0, 0.1) is 0 Å². The van der Waals surface area contributed by atoms with E-state index in [0.717, 1.165) is 6.42 Å². The molecule has 1 aliphatic heterocycles. The molecule has 0 N–H and O–H groups in total. The van der Waals surface area contributed by atoms with Crippen molar-refractivity contribution in [1.82, 2.24) is 0 Å². The minimum Gasteiger partial charge on any atom is -0.265 e. The van der Waals surface area contributed by atoms with E-state index in [0.29, 0.717) is 0 Å². The maximum absolute atomic E-state index is 4.25. The van der Waals surface area contributed by atoms with Gasteiger partial charge in [0.1, 0.15) is 0 Å². The van der Waals surface area contributed by atoms with E-state index in [1.165, 1.54) is 16.8 Å². The number of allylic oxidation sites excluding steroid dienone is 1. The fourth-order valence-corrected chi connectivity index (χ4v) is 1.38. The lowest BCUT2D eigenvalue weighted by Gasteiger charge is -1.99. The molecule has 0 unspecified atom stereocenters. The van der Waals surface area contributed by atoms with Crippen LogP contribution in [0.1, 0.15) is 18.9 Å². The third kappa shape index (κ3) is 1.30. The molecule has 1 nitrogen and oxygen atoms in total. The zero-order chi connectivity index (χ0) is 8.39. The fourth-order valence-electron chi connectivity index (χ4n) is 1.38. The fraction of sp³-hybridized carbons (Fsp3) is 0.182. The Morgan fingerprint density at radius 1 is 1.17 bits per heavy atom. The molecule has 0 fully saturated rings. The van der Waals surface area contributed by atoms with Crippen molar-refractivity contribution in [2.75, 3.05) is 0 Å². The van der Waals surface area contributed by atoms with E-state index < -0.39 is 0 Å². The first kappa shape index (κ1) is 7.29. The average Bonchev–Trinajstić information content (AvgIpc) is 2.54. The second-order valence-corrected chi connectivity index (χ2v) is 3.06. The monoisotopic (exact) mass is 157 g/mol. The highest BCUT2D eigenvalue weighted by Gasteiger charge is 2.06. The largest absolute Gasteiger partial charge is 0.265 e. The third-order valence-corrected chi connectivity index (χ3v) is 2.03. The van der Waals surface area contributed by atoms with Crippen LogP contribution in [0.5, 0.6) is 0 Å². The molecule has 1 aromatic rings. The first-order valence-corrected chi connectivity index (χ1v) is 4.14. The number of aliphatic imine (C=N–C) groups is 1. The van der Waals surface area contributed by atoms with E-state index >= 15 is 0 Å². The molecular formula is C11H11N. The Morgan fingerprint density at radius 3 is 2.50 bits per heavy atom. The molecule has 0 amide bonds. The molecule has 1 heteroatoms. The third-order valence-electron chi connectivity index (χ3n) is 2.03. The molecule has 0 radical (unpaired) electrons. The Balaban J connectivity index is 2.25. The van der Waals surface area contributed by atoms with Crippen LogP contribution in [0.15, 0.2) is 41.5 Å². The van der Waals surface area contributed by atoms with Gasteiger partial charge in [-0.1, -0.05) is 30.3 Å². The van der Waals surface area contributed by atoms with Gasteiger partial charge >= 0.3 is 0 Å². The van der Waals surface area contributed by atoms with Crippen LogP contribution < -0.4 is 0 Å². The summed E-state index contributed by atoms with van der Waals surface area (Å²) in [7, 11) is 0. The molecule has 1 aromatic carbocycles. The van der Waals surface area contributed by atoms with Crippen LogP contribution in [-0.2, 0) is 0 Å². The Morgan fingerprint density at radius 2 is 1.92 bits per heavy atom. The van der Waals surface area contributed by atoms with Gasteiger partial charge in [0.15, 0.2) is 0 Å². The highest BCUT2D eigenvalue weighted by Crippen LogP contribution is 2.22. The average molecular weight is 157 g/mol. The zero-order valence-electron chi connectivity index (χ0n) is 7.12. The Kier molecular flexibility index (Phi) is 1.78. The molecule has 0 bridgehead atoms. The van der Waals surface area contributed by atoms with E-state index in [1.807, 2.05) is 12.3 Å². The van der Waals surface area contributed by atoms with Crippen LogP contribution in [-0.4, -0.2) is 5.71 Å². The van der Waals surface area contributed by atoms with Gasteiger partial charge in [-0.15, -0.1) is 0 Å². The van der Waals surface area contributed by atoms with Gasteiger partial charge in [-0.3, -0.25) is 4.99 Å². The van der Waals surface area contributed by atoms with Gasteiger partial charge < -0.3 is 0 Å². The van der Waals surface area contributed by atoms with Crippen molar-refractivity contribution >= 4 is 11.3 Å². The van der Waals surface area contributed by atoms with E-state index in [2.05, 4.69) is 36.2 Å². The van der Waals surface area contributed by atoms with Gasteiger partial charge in [0.25, 0.3) is 0 Å². The molecule has 1 aliphatic rings. The molecular weight excluding hydrogens is 146 g/mol. The molecule has 0 saturated heterocycles. The predicted molar refractivity (Wildman–Crippen MR) is 52.1 cm³/mol. The second kappa shape index (κ2) is 2.94. The van der Waals surface area contributed by atoms with E-state index in [4.69, 9.17) is 0 Å². The number of benzene rings is 1. The summed E-state index contributed by atoms with van der Waals surface area (Å²) in [4.78, 5) is 4.25. The van der Waals surface area contributed by atoms with Crippen molar-refractivity contribution in [3.05, 3.63) is 42.1 Å². The van der Waals surface area contributed by atoms with E-state index in [1.54, 1.807) is 0 Å². The van der Waals surface area contributed by atoms with E-state index in [-0.39, 0.29) is 0 Å². The summed E-state index contributed by atoms with van der Waals surface area (Å²) in [6, 6.07) is 10.4. The Labute approximate surface area is 72.5 Å². The van der Waals surface area contributed by atoms with Gasteiger partial charge in [-0.25, -0.2) is 0 Å². The quantitative estimate of drug-likeness (QED) is 0.594. The predicted octanol–water partition coefficient (Wildman–Crippen LogP) is 2.89. The number of rotatable bonds is 1. The molecule has 0 atom stereocenters. The van der Waals surface area contributed by atoms with Crippen molar-refractivity contribution in [2.24, 2.45) is 4.99 Å². The molecule has 1 heterocycles. The molecule has 0 spiro atoms. The lowest BCUT2D eigenvalue weighted by Crippen LogP contribution is -1.86.